The van der Waals surface area contributed by atoms with E-state index in [0.717, 1.165) is 6.07 Å². The van der Waals surface area contributed by atoms with Gasteiger partial charge in [0.15, 0.2) is 5.84 Å². The van der Waals surface area contributed by atoms with Gasteiger partial charge in [0.2, 0.25) is 0 Å². The van der Waals surface area contributed by atoms with Crippen molar-refractivity contribution in [1.82, 2.24) is 5.32 Å². The van der Waals surface area contributed by atoms with Crippen molar-refractivity contribution >= 4 is 17.7 Å². The normalized spacial score (nSPS) is 21.8. The SMILES string of the molecule is O[C@@H]1CCCN(c2ccc(C3=NN=CCN3)cc2C(F)(F)F)C1. The van der Waals surface area contributed by atoms with Gasteiger partial charge in [-0.1, -0.05) is 0 Å². The smallest absolute Gasteiger partial charge is 0.391 e. The van der Waals surface area contributed by atoms with Gasteiger partial charge in [-0.05, 0) is 31.0 Å². The molecule has 2 aliphatic rings. The lowest BCUT2D eigenvalue weighted by atomic mass is 10.0. The molecule has 2 aliphatic heterocycles. The number of aliphatic hydroxyl groups is 1. The summed E-state index contributed by atoms with van der Waals surface area (Å²) in [6.45, 7) is 1.15. The number of β-amino-alcohol motifs (C(OH)–C–C–N with tert-alkyl or cyclic N) is 1. The van der Waals surface area contributed by atoms with Crippen molar-refractivity contribution in [3.63, 3.8) is 0 Å². The van der Waals surface area contributed by atoms with Gasteiger partial charge in [0.25, 0.3) is 0 Å². The number of anilines is 1. The maximum atomic E-state index is 13.5. The van der Waals surface area contributed by atoms with Gasteiger partial charge in [0, 0.05) is 30.6 Å². The van der Waals surface area contributed by atoms with Crippen molar-refractivity contribution < 1.29 is 18.3 Å². The van der Waals surface area contributed by atoms with E-state index in [-0.39, 0.29) is 12.2 Å². The third-order valence-electron chi connectivity index (χ3n) is 3.91. The highest BCUT2D eigenvalue weighted by Gasteiger charge is 2.36. The molecular formula is C15H17F3N4O. The van der Waals surface area contributed by atoms with Crippen LogP contribution in [0, 0.1) is 0 Å². The summed E-state index contributed by atoms with van der Waals surface area (Å²) in [6.07, 6.45) is -2.25. The fourth-order valence-electron chi connectivity index (χ4n) is 2.84. The van der Waals surface area contributed by atoms with Crippen molar-refractivity contribution in [3.05, 3.63) is 29.3 Å². The summed E-state index contributed by atoms with van der Waals surface area (Å²) >= 11 is 0. The molecule has 1 aromatic rings. The molecule has 2 N–H and O–H groups in total. The Morgan fingerprint density at radius 3 is 2.78 bits per heavy atom. The van der Waals surface area contributed by atoms with Crippen molar-refractivity contribution in [1.29, 1.82) is 0 Å². The number of nitrogens with zero attached hydrogens (tertiary/aromatic N) is 3. The molecule has 1 saturated heterocycles. The van der Waals surface area contributed by atoms with Crippen LogP contribution in [0.3, 0.4) is 0 Å². The van der Waals surface area contributed by atoms with E-state index >= 15 is 0 Å². The number of amidine groups is 1. The van der Waals surface area contributed by atoms with Crippen molar-refractivity contribution in [3.8, 4) is 0 Å². The van der Waals surface area contributed by atoms with Crippen LogP contribution in [-0.2, 0) is 6.18 Å². The standard InChI is InChI=1S/C15H17F3N4O/c16-15(17,18)12-8-10(14-19-5-6-20-21-14)3-4-13(12)22-7-1-2-11(23)9-22/h3-4,6,8,11,23H,1-2,5,7,9H2,(H,19,21)/t11-/m1/s1. The summed E-state index contributed by atoms with van der Waals surface area (Å²) in [4.78, 5) is 1.59. The Hall–Kier alpha value is -2.09. The van der Waals surface area contributed by atoms with E-state index in [4.69, 9.17) is 0 Å². The zero-order valence-corrected chi connectivity index (χ0v) is 12.3. The second kappa shape index (κ2) is 6.19. The molecule has 0 spiro atoms. The molecule has 0 unspecified atom stereocenters. The molecule has 0 saturated carbocycles. The average Bonchev–Trinajstić information content (AvgIpc) is 2.54. The Kier molecular flexibility index (Phi) is 4.25. The highest BCUT2D eigenvalue weighted by Crippen LogP contribution is 2.38. The summed E-state index contributed by atoms with van der Waals surface area (Å²) in [5.41, 5.74) is -0.279. The van der Waals surface area contributed by atoms with Crippen LogP contribution in [0.2, 0.25) is 0 Å². The van der Waals surface area contributed by atoms with E-state index in [1.165, 1.54) is 12.3 Å². The molecule has 0 bridgehead atoms. The van der Waals surface area contributed by atoms with Crippen LogP contribution in [0.15, 0.2) is 28.4 Å². The number of benzene rings is 1. The molecule has 124 valence electrons. The van der Waals surface area contributed by atoms with Gasteiger partial charge in [-0.3, -0.25) is 0 Å². The van der Waals surface area contributed by atoms with Gasteiger partial charge < -0.3 is 15.3 Å². The van der Waals surface area contributed by atoms with E-state index in [1.54, 1.807) is 11.0 Å². The maximum absolute atomic E-state index is 13.5. The average molecular weight is 326 g/mol. The first kappa shape index (κ1) is 15.8. The van der Waals surface area contributed by atoms with Crippen molar-refractivity contribution in [2.24, 2.45) is 10.2 Å². The minimum Gasteiger partial charge on any atom is -0.391 e. The van der Waals surface area contributed by atoms with Crippen molar-refractivity contribution in [2.45, 2.75) is 25.1 Å². The molecule has 0 amide bonds. The highest BCUT2D eigenvalue weighted by molar-refractivity contribution is 6.01. The predicted octanol–water partition coefficient (Wildman–Crippen LogP) is 2.00. The molecule has 3 rings (SSSR count). The molecule has 1 atom stereocenters. The fourth-order valence-corrected chi connectivity index (χ4v) is 2.84. The maximum Gasteiger partial charge on any atom is 0.418 e. The van der Waals surface area contributed by atoms with Gasteiger partial charge in [-0.15, -0.1) is 5.10 Å². The summed E-state index contributed by atoms with van der Waals surface area (Å²) in [6, 6.07) is 4.12. The predicted molar refractivity (Wildman–Crippen MR) is 81.9 cm³/mol. The molecule has 8 heteroatoms. The Balaban J connectivity index is 1.99. The monoisotopic (exact) mass is 326 g/mol. The Labute approximate surface area is 131 Å². The van der Waals surface area contributed by atoms with Crippen LogP contribution in [0.5, 0.6) is 0 Å². The number of halogens is 3. The molecule has 23 heavy (non-hydrogen) atoms. The topological polar surface area (TPSA) is 60.2 Å². The number of alkyl halides is 3. The third kappa shape index (κ3) is 3.47. The molecule has 0 radical (unpaired) electrons. The van der Waals surface area contributed by atoms with Gasteiger partial charge in [-0.2, -0.15) is 18.3 Å². The second-order valence-electron chi connectivity index (χ2n) is 5.60. The molecule has 0 aromatic heterocycles. The first-order valence-corrected chi connectivity index (χ1v) is 7.43. The molecular weight excluding hydrogens is 309 g/mol. The van der Waals surface area contributed by atoms with Crippen LogP contribution >= 0.6 is 0 Å². The summed E-state index contributed by atoms with van der Waals surface area (Å²) in [5.74, 6) is 0.322. The minimum atomic E-state index is -4.48. The van der Waals surface area contributed by atoms with Gasteiger partial charge >= 0.3 is 6.18 Å². The number of nitrogens with one attached hydrogen (secondary N) is 1. The Morgan fingerprint density at radius 2 is 2.13 bits per heavy atom. The molecule has 2 heterocycles. The quantitative estimate of drug-likeness (QED) is 0.874. The van der Waals surface area contributed by atoms with Gasteiger partial charge in [-0.25, -0.2) is 0 Å². The molecule has 5 nitrogen and oxygen atoms in total. The summed E-state index contributed by atoms with van der Waals surface area (Å²) < 4.78 is 40.4. The van der Waals surface area contributed by atoms with Crippen LogP contribution in [-0.4, -0.2) is 42.9 Å². The van der Waals surface area contributed by atoms with Crippen LogP contribution < -0.4 is 10.2 Å². The minimum absolute atomic E-state index is 0.0971. The van der Waals surface area contributed by atoms with E-state index in [1.807, 2.05) is 0 Å². The lowest BCUT2D eigenvalue weighted by Crippen LogP contribution is -2.39. The second-order valence-corrected chi connectivity index (χ2v) is 5.60. The number of hydrogen-bond donors (Lipinski definition) is 2. The highest BCUT2D eigenvalue weighted by atomic mass is 19.4. The first-order chi connectivity index (χ1) is 10.9. The van der Waals surface area contributed by atoms with Crippen LogP contribution in [0.1, 0.15) is 24.0 Å². The lowest BCUT2D eigenvalue weighted by Gasteiger charge is -2.34. The fraction of sp³-hybridized carbons (Fsp3) is 0.467. The Morgan fingerprint density at radius 1 is 1.30 bits per heavy atom. The van der Waals surface area contributed by atoms with E-state index < -0.39 is 17.8 Å². The zero-order chi connectivity index (χ0) is 16.4. The van der Waals surface area contributed by atoms with Gasteiger partial charge in [0.1, 0.15) is 0 Å². The van der Waals surface area contributed by atoms with E-state index in [2.05, 4.69) is 15.5 Å². The molecule has 1 aromatic carbocycles. The summed E-state index contributed by atoms with van der Waals surface area (Å²) in [7, 11) is 0. The third-order valence-corrected chi connectivity index (χ3v) is 3.91. The zero-order valence-electron chi connectivity index (χ0n) is 12.3. The number of hydrogen-bond acceptors (Lipinski definition) is 5. The molecule has 0 aliphatic carbocycles. The van der Waals surface area contributed by atoms with Gasteiger partial charge in [0.05, 0.1) is 18.2 Å². The number of aliphatic hydroxyl groups excluding tert-OH is 1. The van der Waals surface area contributed by atoms with E-state index in [9.17, 15) is 18.3 Å². The number of piperidine rings is 1. The Bertz CT molecular complexity index is 642. The van der Waals surface area contributed by atoms with Crippen molar-refractivity contribution in [2.75, 3.05) is 24.5 Å². The molecule has 1 fully saturated rings. The van der Waals surface area contributed by atoms with E-state index in [0.29, 0.717) is 37.3 Å². The largest absolute Gasteiger partial charge is 0.418 e. The van der Waals surface area contributed by atoms with Crippen LogP contribution in [0.4, 0.5) is 18.9 Å². The van der Waals surface area contributed by atoms with Crippen LogP contribution in [0.25, 0.3) is 0 Å². The first-order valence-electron chi connectivity index (χ1n) is 7.43. The lowest BCUT2D eigenvalue weighted by molar-refractivity contribution is -0.137. The number of rotatable bonds is 2. The summed E-state index contributed by atoms with van der Waals surface area (Å²) in [5, 5.41) is 20.2.